The van der Waals surface area contributed by atoms with Crippen molar-refractivity contribution in [3.63, 3.8) is 0 Å². The number of ether oxygens (including phenoxy) is 1. The van der Waals surface area contributed by atoms with Gasteiger partial charge in [0.05, 0.1) is 13.4 Å². The van der Waals surface area contributed by atoms with Crippen molar-refractivity contribution in [2.24, 2.45) is 0 Å². The van der Waals surface area contributed by atoms with Gasteiger partial charge in [0.1, 0.15) is 5.75 Å². The molecule has 1 heterocycles. The molecule has 1 aromatic carbocycles. The summed E-state index contributed by atoms with van der Waals surface area (Å²) in [4.78, 5) is 0. The summed E-state index contributed by atoms with van der Waals surface area (Å²) >= 11 is 0. The average Bonchev–Trinajstić information content (AvgIpc) is 2.64. The van der Waals surface area contributed by atoms with Crippen LogP contribution in [0.3, 0.4) is 0 Å². The topological polar surface area (TPSA) is 46.6 Å². The molecule has 1 atom stereocenters. The second-order valence-corrected chi connectivity index (χ2v) is 7.07. The van der Waals surface area contributed by atoms with E-state index in [1.165, 1.54) is 11.8 Å². The van der Waals surface area contributed by atoms with Crippen molar-refractivity contribution in [3.05, 3.63) is 29.8 Å². The fourth-order valence-corrected chi connectivity index (χ4v) is 3.47. The minimum absolute atomic E-state index is 0.281. The maximum Gasteiger partial charge on any atom is 0.211 e. The standard InChI is InChI=1S/C14H21NO3S/c1-18-14-8-6-12(7-9-14)13-5-3-4-10-15(11-13)19(2,16)17/h6-9,13H,3-5,10-11H2,1-2H3/t13-/m0/s1. The number of rotatable bonds is 3. The molecule has 0 spiro atoms. The zero-order valence-electron chi connectivity index (χ0n) is 11.5. The Bertz CT molecular complexity index is 510. The van der Waals surface area contributed by atoms with Crippen LogP contribution < -0.4 is 4.74 Å². The van der Waals surface area contributed by atoms with Gasteiger partial charge in [0, 0.05) is 13.1 Å². The van der Waals surface area contributed by atoms with Crippen LogP contribution in [0.25, 0.3) is 0 Å². The first kappa shape index (κ1) is 14.3. The van der Waals surface area contributed by atoms with E-state index in [9.17, 15) is 8.42 Å². The van der Waals surface area contributed by atoms with E-state index in [1.54, 1.807) is 11.4 Å². The summed E-state index contributed by atoms with van der Waals surface area (Å²) in [5.41, 5.74) is 1.19. The third kappa shape index (κ3) is 3.70. The Morgan fingerprint density at radius 3 is 2.47 bits per heavy atom. The van der Waals surface area contributed by atoms with Crippen LogP contribution in [-0.2, 0) is 10.0 Å². The van der Waals surface area contributed by atoms with Crippen molar-refractivity contribution >= 4 is 10.0 Å². The van der Waals surface area contributed by atoms with Gasteiger partial charge in [-0.3, -0.25) is 0 Å². The molecule has 5 heteroatoms. The van der Waals surface area contributed by atoms with Crippen LogP contribution in [0.1, 0.15) is 30.7 Å². The van der Waals surface area contributed by atoms with E-state index >= 15 is 0 Å². The second-order valence-electron chi connectivity index (χ2n) is 5.09. The molecule has 106 valence electrons. The Morgan fingerprint density at radius 1 is 1.21 bits per heavy atom. The van der Waals surface area contributed by atoms with Crippen LogP contribution in [0.2, 0.25) is 0 Å². The molecule has 19 heavy (non-hydrogen) atoms. The van der Waals surface area contributed by atoms with Crippen molar-refractivity contribution in [1.29, 1.82) is 0 Å². The minimum Gasteiger partial charge on any atom is -0.497 e. The van der Waals surface area contributed by atoms with Gasteiger partial charge in [-0.2, -0.15) is 0 Å². The van der Waals surface area contributed by atoms with Gasteiger partial charge in [0.15, 0.2) is 0 Å². The highest BCUT2D eigenvalue weighted by Gasteiger charge is 2.25. The van der Waals surface area contributed by atoms with Gasteiger partial charge in [0.25, 0.3) is 0 Å². The highest BCUT2D eigenvalue weighted by Crippen LogP contribution is 2.28. The second kappa shape index (κ2) is 5.92. The van der Waals surface area contributed by atoms with Crippen molar-refractivity contribution in [2.75, 3.05) is 26.5 Å². The lowest BCUT2D eigenvalue weighted by atomic mass is 9.94. The molecule has 0 bridgehead atoms. The fraction of sp³-hybridized carbons (Fsp3) is 0.571. The number of methoxy groups -OCH3 is 1. The third-order valence-electron chi connectivity index (χ3n) is 3.69. The van der Waals surface area contributed by atoms with Gasteiger partial charge in [-0.25, -0.2) is 12.7 Å². The quantitative estimate of drug-likeness (QED) is 0.854. The van der Waals surface area contributed by atoms with Crippen LogP contribution in [0.5, 0.6) is 5.75 Å². The molecule has 0 aliphatic carbocycles. The maximum atomic E-state index is 11.7. The van der Waals surface area contributed by atoms with Crippen molar-refractivity contribution < 1.29 is 13.2 Å². The zero-order valence-corrected chi connectivity index (χ0v) is 12.3. The lowest BCUT2D eigenvalue weighted by molar-refractivity contribution is 0.407. The lowest BCUT2D eigenvalue weighted by Crippen LogP contribution is -2.33. The summed E-state index contributed by atoms with van der Waals surface area (Å²) in [6.45, 7) is 1.23. The third-order valence-corrected chi connectivity index (χ3v) is 4.96. The van der Waals surface area contributed by atoms with Crippen LogP contribution in [0, 0.1) is 0 Å². The summed E-state index contributed by atoms with van der Waals surface area (Å²) < 4.78 is 30.2. The van der Waals surface area contributed by atoms with Gasteiger partial charge in [-0.05, 0) is 36.5 Å². The Balaban J connectivity index is 2.17. The number of sulfonamides is 1. The number of hydrogen-bond acceptors (Lipinski definition) is 3. The first-order valence-corrected chi connectivity index (χ1v) is 8.44. The Morgan fingerprint density at radius 2 is 1.89 bits per heavy atom. The number of hydrogen-bond donors (Lipinski definition) is 0. The summed E-state index contributed by atoms with van der Waals surface area (Å²) in [5, 5.41) is 0. The fourth-order valence-electron chi connectivity index (χ4n) is 2.56. The van der Waals surface area contributed by atoms with Gasteiger partial charge >= 0.3 is 0 Å². The van der Waals surface area contributed by atoms with Crippen molar-refractivity contribution in [2.45, 2.75) is 25.2 Å². The van der Waals surface area contributed by atoms with Crippen LogP contribution in [0.4, 0.5) is 0 Å². The van der Waals surface area contributed by atoms with Crippen LogP contribution in [-0.4, -0.2) is 39.2 Å². The van der Waals surface area contributed by atoms with Crippen molar-refractivity contribution in [1.82, 2.24) is 4.31 Å². The van der Waals surface area contributed by atoms with E-state index in [0.29, 0.717) is 13.1 Å². The number of nitrogens with zero attached hydrogens (tertiary/aromatic N) is 1. The molecular formula is C14H21NO3S. The van der Waals surface area contributed by atoms with Crippen LogP contribution in [0.15, 0.2) is 24.3 Å². The molecule has 0 aromatic heterocycles. The van der Waals surface area contributed by atoms with E-state index in [2.05, 4.69) is 0 Å². The lowest BCUT2D eigenvalue weighted by Gasteiger charge is -2.22. The predicted molar refractivity (Wildman–Crippen MR) is 76.0 cm³/mol. The first-order chi connectivity index (χ1) is 9.00. The molecule has 0 unspecified atom stereocenters. The smallest absolute Gasteiger partial charge is 0.211 e. The summed E-state index contributed by atoms with van der Waals surface area (Å²) in [7, 11) is -1.45. The summed E-state index contributed by atoms with van der Waals surface area (Å²) in [6.07, 6.45) is 4.35. The largest absolute Gasteiger partial charge is 0.497 e. The van der Waals surface area contributed by atoms with Gasteiger partial charge in [-0.1, -0.05) is 18.6 Å². The van der Waals surface area contributed by atoms with Gasteiger partial charge in [0.2, 0.25) is 10.0 Å². The molecular weight excluding hydrogens is 262 g/mol. The molecule has 1 fully saturated rings. The summed E-state index contributed by atoms with van der Waals surface area (Å²) in [5.74, 6) is 1.11. The molecule has 0 radical (unpaired) electrons. The van der Waals surface area contributed by atoms with Gasteiger partial charge < -0.3 is 4.74 Å². The van der Waals surface area contributed by atoms with E-state index < -0.39 is 10.0 Å². The van der Waals surface area contributed by atoms with Crippen LogP contribution >= 0.6 is 0 Å². The Kier molecular flexibility index (Phi) is 4.47. The zero-order chi connectivity index (χ0) is 13.9. The van der Waals surface area contributed by atoms with E-state index in [-0.39, 0.29) is 5.92 Å². The molecule has 1 aromatic rings. The van der Waals surface area contributed by atoms with E-state index in [4.69, 9.17) is 4.74 Å². The first-order valence-electron chi connectivity index (χ1n) is 6.60. The normalized spacial score (nSPS) is 21.9. The monoisotopic (exact) mass is 283 g/mol. The SMILES string of the molecule is COc1ccc([C@H]2CCCCN(S(C)(=O)=O)C2)cc1. The molecule has 0 amide bonds. The van der Waals surface area contributed by atoms with Crippen molar-refractivity contribution in [3.8, 4) is 5.75 Å². The molecule has 1 aliphatic rings. The maximum absolute atomic E-state index is 11.7. The Labute approximate surface area is 115 Å². The minimum atomic E-state index is -3.09. The van der Waals surface area contributed by atoms with E-state index in [0.717, 1.165) is 25.0 Å². The molecule has 1 aliphatic heterocycles. The average molecular weight is 283 g/mol. The highest BCUT2D eigenvalue weighted by molar-refractivity contribution is 7.88. The number of benzene rings is 1. The molecule has 4 nitrogen and oxygen atoms in total. The summed E-state index contributed by atoms with van der Waals surface area (Å²) in [6, 6.07) is 7.95. The Hall–Kier alpha value is -1.07. The molecule has 0 saturated carbocycles. The highest BCUT2D eigenvalue weighted by atomic mass is 32.2. The predicted octanol–water partition coefficient (Wildman–Crippen LogP) is 2.22. The molecule has 0 N–H and O–H groups in total. The van der Waals surface area contributed by atoms with E-state index in [1.807, 2.05) is 24.3 Å². The van der Waals surface area contributed by atoms with Gasteiger partial charge in [-0.15, -0.1) is 0 Å². The molecule has 2 rings (SSSR count). The molecule has 1 saturated heterocycles.